The van der Waals surface area contributed by atoms with Crippen molar-refractivity contribution in [3.05, 3.63) is 35.9 Å². The summed E-state index contributed by atoms with van der Waals surface area (Å²) in [6.07, 6.45) is 2.45. The maximum atomic E-state index is 9.95. The van der Waals surface area contributed by atoms with Crippen molar-refractivity contribution in [2.24, 2.45) is 0 Å². The molecular formula is C15H17N3O. The highest BCUT2D eigenvalue weighted by Gasteiger charge is 2.14. The van der Waals surface area contributed by atoms with Gasteiger partial charge in [-0.2, -0.15) is 0 Å². The molecule has 19 heavy (non-hydrogen) atoms. The Balaban J connectivity index is 1.89. The molecular weight excluding hydrogens is 238 g/mol. The Kier molecular flexibility index (Phi) is 3.07. The molecule has 1 aromatic heterocycles. The molecule has 4 nitrogen and oxygen atoms in total. The van der Waals surface area contributed by atoms with Crippen molar-refractivity contribution in [2.45, 2.75) is 19.8 Å². The van der Waals surface area contributed by atoms with Crippen LogP contribution in [0.1, 0.15) is 18.4 Å². The summed E-state index contributed by atoms with van der Waals surface area (Å²) in [7, 11) is 0. The number of aryl methyl sites for hydroxylation is 1. The quantitative estimate of drug-likeness (QED) is 0.896. The number of aromatic nitrogens is 2. The molecule has 1 fully saturated rings. The first-order valence-electron chi connectivity index (χ1n) is 6.63. The van der Waals surface area contributed by atoms with E-state index < -0.39 is 0 Å². The van der Waals surface area contributed by atoms with Crippen LogP contribution in [0.2, 0.25) is 0 Å². The van der Waals surface area contributed by atoms with E-state index in [1.54, 1.807) is 6.07 Å². The molecule has 1 aliphatic rings. The van der Waals surface area contributed by atoms with Crippen LogP contribution in [0.25, 0.3) is 11.3 Å². The third-order valence-electron chi connectivity index (χ3n) is 3.51. The van der Waals surface area contributed by atoms with E-state index in [0.717, 1.165) is 30.0 Å². The molecule has 3 rings (SSSR count). The second-order valence-corrected chi connectivity index (χ2v) is 4.99. The van der Waals surface area contributed by atoms with Crippen LogP contribution in [0, 0.1) is 6.92 Å². The summed E-state index contributed by atoms with van der Waals surface area (Å²) >= 11 is 0. The molecule has 0 radical (unpaired) electrons. The van der Waals surface area contributed by atoms with Crippen molar-refractivity contribution in [3.8, 4) is 17.0 Å². The van der Waals surface area contributed by atoms with E-state index >= 15 is 0 Å². The van der Waals surface area contributed by atoms with E-state index in [-0.39, 0.29) is 5.75 Å². The van der Waals surface area contributed by atoms with E-state index in [1.807, 2.05) is 31.2 Å². The SMILES string of the molecule is Cc1ccc(-c2ccc(N3CCCC3)nn2)c(O)c1. The van der Waals surface area contributed by atoms with Gasteiger partial charge in [-0.25, -0.2) is 0 Å². The molecule has 2 heterocycles. The van der Waals surface area contributed by atoms with Crippen LogP contribution in [0.4, 0.5) is 5.82 Å². The Hall–Kier alpha value is -2.10. The third-order valence-corrected chi connectivity index (χ3v) is 3.51. The highest BCUT2D eigenvalue weighted by Crippen LogP contribution is 2.28. The van der Waals surface area contributed by atoms with Crippen molar-refractivity contribution < 1.29 is 5.11 Å². The van der Waals surface area contributed by atoms with Gasteiger partial charge in [-0.3, -0.25) is 0 Å². The predicted molar refractivity (Wildman–Crippen MR) is 75.3 cm³/mol. The molecule has 0 atom stereocenters. The lowest BCUT2D eigenvalue weighted by Crippen LogP contribution is -2.19. The maximum Gasteiger partial charge on any atom is 0.151 e. The van der Waals surface area contributed by atoms with Gasteiger partial charge in [0.15, 0.2) is 5.82 Å². The molecule has 1 aliphatic heterocycles. The van der Waals surface area contributed by atoms with Crippen LogP contribution in [0.3, 0.4) is 0 Å². The Morgan fingerprint density at radius 1 is 1.05 bits per heavy atom. The van der Waals surface area contributed by atoms with Crippen LogP contribution < -0.4 is 4.90 Å². The van der Waals surface area contributed by atoms with Gasteiger partial charge >= 0.3 is 0 Å². The van der Waals surface area contributed by atoms with Gasteiger partial charge in [0.2, 0.25) is 0 Å². The van der Waals surface area contributed by atoms with E-state index in [9.17, 15) is 5.11 Å². The summed E-state index contributed by atoms with van der Waals surface area (Å²) in [5.41, 5.74) is 2.47. The number of rotatable bonds is 2. The Morgan fingerprint density at radius 2 is 1.84 bits per heavy atom. The lowest BCUT2D eigenvalue weighted by molar-refractivity contribution is 0.476. The van der Waals surface area contributed by atoms with E-state index in [0.29, 0.717) is 5.69 Å². The first-order chi connectivity index (χ1) is 9.24. The standard InChI is InChI=1S/C15H17N3O/c1-11-4-5-12(14(19)10-11)13-6-7-15(17-16-13)18-8-2-3-9-18/h4-7,10,19H,2-3,8-9H2,1H3. The van der Waals surface area contributed by atoms with E-state index in [4.69, 9.17) is 0 Å². The highest BCUT2D eigenvalue weighted by molar-refractivity contribution is 5.67. The Morgan fingerprint density at radius 3 is 2.47 bits per heavy atom. The molecule has 1 N–H and O–H groups in total. The summed E-state index contributed by atoms with van der Waals surface area (Å²) in [5.74, 6) is 1.18. The van der Waals surface area contributed by atoms with Gasteiger partial charge in [-0.15, -0.1) is 10.2 Å². The normalized spacial score (nSPS) is 14.9. The number of phenolic OH excluding ortho intramolecular Hbond substituents is 1. The fourth-order valence-corrected chi connectivity index (χ4v) is 2.44. The summed E-state index contributed by atoms with van der Waals surface area (Å²) in [5, 5.41) is 18.4. The van der Waals surface area contributed by atoms with Crippen molar-refractivity contribution in [1.82, 2.24) is 10.2 Å². The minimum atomic E-state index is 0.253. The average Bonchev–Trinajstić information content (AvgIpc) is 2.93. The first-order valence-corrected chi connectivity index (χ1v) is 6.63. The molecule has 98 valence electrons. The summed E-state index contributed by atoms with van der Waals surface area (Å²) < 4.78 is 0. The molecule has 0 unspecified atom stereocenters. The van der Waals surface area contributed by atoms with Gasteiger partial charge in [-0.1, -0.05) is 6.07 Å². The molecule has 0 spiro atoms. The number of benzene rings is 1. The van der Waals surface area contributed by atoms with Crippen LogP contribution >= 0.6 is 0 Å². The van der Waals surface area contributed by atoms with Crippen molar-refractivity contribution in [2.75, 3.05) is 18.0 Å². The summed E-state index contributed by atoms with van der Waals surface area (Å²) in [4.78, 5) is 2.24. The zero-order valence-electron chi connectivity index (χ0n) is 11.0. The second-order valence-electron chi connectivity index (χ2n) is 4.99. The Labute approximate surface area is 112 Å². The molecule has 0 amide bonds. The molecule has 4 heteroatoms. The minimum Gasteiger partial charge on any atom is -0.507 e. The van der Waals surface area contributed by atoms with Gasteiger partial charge in [0, 0.05) is 18.7 Å². The van der Waals surface area contributed by atoms with E-state index in [1.165, 1.54) is 12.8 Å². The van der Waals surface area contributed by atoms with Gasteiger partial charge in [0.1, 0.15) is 5.75 Å². The van der Waals surface area contributed by atoms with Crippen LogP contribution in [0.15, 0.2) is 30.3 Å². The van der Waals surface area contributed by atoms with Gasteiger partial charge in [0.05, 0.1) is 5.69 Å². The van der Waals surface area contributed by atoms with Gasteiger partial charge in [0.25, 0.3) is 0 Å². The largest absolute Gasteiger partial charge is 0.507 e. The lowest BCUT2D eigenvalue weighted by atomic mass is 10.1. The number of aromatic hydroxyl groups is 1. The monoisotopic (exact) mass is 255 g/mol. The fourth-order valence-electron chi connectivity index (χ4n) is 2.44. The number of anilines is 1. The van der Waals surface area contributed by atoms with Crippen LogP contribution in [-0.4, -0.2) is 28.4 Å². The second kappa shape index (κ2) is 4.88. The van der Waals surface area contributed by atoms with E-state index in [2.05, 4.69) is 15.1 Å². The Bertz CT molecular complexity index is 574. The molecule has 0 saturated carbocycles. The molecule has 1 saturated heterocycles. The molecule has 1 aromatic carbocycles. The highest BCUT2D eigenvalue weighted by atomic mass is 16.3. The van der Waals surface area contributed by atoms with Crippen LogP contribution in [0.5, 0.6) is 5.75 Å². The molecule has 2 aromatic rings. The molecule has 0 aliphatic carbocycles. The number of phenols is 1. The smallest absolute Gasteiger partial charge is 0.151 e. The maximum absolute atomic E-state index is 9.95. The summed E-state index contributed by atoms with van der Waals surface area (Å²) in [6, 6.07) is 9.48. The van der Waals surface area contributed by atoms with Crippen molar-refractivity contribution in [3.63, 3.8) is 0 Å². The first kappa shape index (κ1) is 12.0. The predicted octanol–water partition coefficient (Wildman–Crippen LogP) is 2.76. The molecule has 0 bridgehead atoms. The topological polar surface area (TPSA) is 49.2 Å². The van der Waals surface area contributed by atoms with Crippen LogP contribution in [-0.2, 0) is 0 Å². The lowest BCUT2D eigenvalue weighted by Gasteiger charge is -2.15. The van der Waals surface area contributed by atoms with Gasteiger partial charge in [-0.05, 0) is 49.6 Å². The minimum absolute atomic E-state index is 0.253. The number of hydrogen-bond donors (Lipinski definition) is 1. The average molecular weight is 255 g/mol. The van der Waals surface area contributed by atoms with Crippen molar-refractivity contribution in [1.29, 1.82) is 0 Å². The zero-order chi connectivity index (χ0) is 13.2. The fraction of sp³-hybridized carbons (Fsp3) is 0.333. The van der Waals surface area contributed by atoms with Crippen molar-refractivity contribution >= 4 is 5.82 Å². The number of hydrogen-bond acceptors (Lipinski definition) is 4. The summed E-state index contributed by atoms with van der Waals surface area (Å²) in [6.45, 7) is 4.07. The third kappa shape index (κ3) is 2.38. The number of nitrogens with zero attached hydrogens (tertiary/aromatic N) is 3. The van der Waals surface area contributed by atoms with Gasteiger partial charge < -0.3 is 10.0 Å². The zero-order valence-corrected chi connectivity index (χ0v) is 11.0.